The smallest absolute Gasteiger partial charge is 0.285 e. The highest BCUT2D eigenvalue weighted by Gasteiger charge is 2.26. The van der Waals surface area contributed by atoms with E-state index >= 15 is 0 Å². The number of amides is 1. The summed E-state index contributed by atoms with van der Waals surface area (Å²) in [6.45, 7) is 3.49. The molecule has 1 fully saturated rings. The van der Waals surface area contributed by atoms with E-state index in [1.165, 1.54) is 10.7 Å². The van der Waals surface area contributed by atoms with Crippen molar-refractivity contribution in [2.24, 2.45) is 0 Å². The van der Waals surface area contributed by atoms with Crippen molar-refractivity contribution in [3.05, 3.63) is 56.3 Å². The average molecular weight is 372 g/mol. The molecule has 0 aliphatic carbocycles. The Morgan fingerprint density at radius 2 is 2.42 bits per heavy atom. The minimum absolute atomic E-state index is 0.0183. The van der Waals surface area contributed by atoms with Gasteiger partial charge in [-0.05, 0) is 42.2 Å². The molecule has 3 aromatic rings. The number of carbonyl (C=O) groups is 1. The zero-order valence-electron chi connectivity index (χ0n) is 14.5. The van der Waals surface area contributed by atoms with Gasteiger partial charge in [0.15, 0.2) is 5.65 Å². The number of fused-ring (bicyclic) bond motifs is 1. The van der Waals surface area contributed by atoms with Gasteiger partial charge in [-0.15, -0.1) is 0 Å². The van der Waals surface area contributed by atoms with E-state index in [0.717, 1.165) is 30.7 Å². The summed E-state index contributed by atoms with van der Waals surface area (Å²) in [4.78, 5) is 31.8. The van der Waals surface area contributed by atoms with E-state index in [2.05, 4.69) is 10.1 Å². The molecule has 0 spiro atoms. The average Bonchev–Trinajstić information content (AvgIpc) is 3.36. The zero-order chi connectivity index (χ0) is 18.1. The molecule has 3 aromatic heterocycles. The van der Waals surface area contributed by atoms with Crippen LogP contribution in [0, 0.1) is 6.92 Å². The van der Waals surface area contributed by atoms with Crippen molar-refractivity contribution in [2.75, 3.05) is 13.2 Å². The molecular weight excluding hydrogens is 352 g/mol. The van der Waals surface area contributed by atoms with E-state index in [-0.39, 0.29) is 23.1 Å². The highest BCUT2D eigenvalue weighted by molar-refractivity contribution is 7.07. The summed E-state index contributed by atoms with van der Waals surface area (Å²) < 4.78 is 7.01. The number of nitrogens with one attached hydrogen (secondary N) is 1. The first kappa shape index (κ1) is 17.0. The molecule has 26 heavy (non-hydrogen) atoms. The van der Waals surface area contributed by atoms with Crippen molar-refractivity contribution in [2.45, 2.75) is 32.4 Å². The third-order valence-electron chi connectivity index (χ3n) is 4.54. The molecule has 7 nitrogen and oxygen atoms in total. The normalized spacial score (nSPS) is 17.0. The summed E-state index contributed by atoms with van der Waals surface area (Å²) in [5.41, 5.74) is 2.06. The lowest BCUT2D eigenvalue weighted by molar-refractivity contribution is 0.0505. The van der Waals surface area contributed by atoms with Crippen LogP contribution in [-0.2, 0) is 11.3 Å². The Morgan fingerprint density at radius 3 is 3.15 bits per heavy atom. The van der Waals surface area contributed by atoms with Crippen molar-refractivity contribution in [3.63, 3.8) is 0 Å². The second-order valence-corrected chi connectivity index (χ2v) is 7.34. The molecule has 0 radical (unpaired) electrons. The molecular formula is C18H20N4O3S. The van der Waals surface area contributed by atoms with Gasteiger partial charge in [-0.25, -0.2) is 9.50 Å². The highest BCUT2D eigenvalue weighted by atomic mass is 32.1. The Hall–Kier alpha value is -2.45. The molecule has 136 valence electrons. The van der Waals surface area contributed by atoms with E-state index in [0.29, 0.717) is 18.7 Å². The summed E-state index contributed by atoms with van der Waals surface area (Å²) in [7, 11) is 0. The van der Waals surface area contributed by atoms with E-state index in [1.54, 1.807) is 22.3 Å². The molecule has 0 aromatic carbocycles. The molecule has 8 heteroatoms. The summed E-state index contributed by atoms with van der Waals surface area (Å²) in [5.74, 6) is -0.314. The quantitative estimate of drug-likeness (QED) is 0.745. The predicted molar refractivity (Wildman–Crippen MR) is 98.6 cm³/mol. The largest absolute Gasteiger partial charge is 0.376 e. The lowest BCUT2D eigenvalue weighted by Crippen LogP contribution is -2.40. The van der Waals surface area contributed by atoms with Crippen molar-refractivity contribution < 1.29 is 9.53 Å². The van der Waals surface area contributed by atoms with Gasteiger partial charge < -0.3 is 9.64 Å². The Kier molecular flexibility index (Phi) is 4.60. The van der Waals surface area contributed by atoms with Gasteiger partial charge >= 0.3 is 0 Å². The first-order valence-corrected chi connectivity index (χ1v) is 9.55. The molecule has 1 aliphatic heterocycles. The van der Waals surface area contributed by atoms with Crippen LogP contribution in [0.3, 0.4) is 0 Å². The third-order valence-corrected chi connectivity index (χ3v) is 5.27. The van der Waals surface area contributed by atoms with Crippen molar-refractivity contribution in [1.29, 1.82) is 0 Å². The first-order chi connectivity index (χ1) is 12.6. The molecule has 1 saturated heterocycles. The van der Waals surface area contributed by atoms with Gasteiger partial charge in [-0.2, -0.15) is 11.3 Å². The van der Waals surface area contributed by atoms with Crippen LogP contribution in [0.4, 0.5) is 0 Å². The van der Waals surface area contributed by atoms with Gasteiger partial charge in [-0.1, -0.05) is 0 Å². The Bertz CT molecular complexity index is 970. The summed E-state index contributed by atoms with van der Waals surface area (Å²) in [6.07, 6.45) is 3.33. The molecule has 1 unspecified atom stereocenters. The second kappa shape index (κ2) is 7.05. The van der Waals surface area contributed by atoms with Gasteiger partial charge in [0.25, 0.3) is 11.5 Å². The first-order valence-electron chi connectivity index (χ1n) is 8.61. The minimum Gasteiger partial charge on any atom is -0.376 e. The molecule has 4 heterocycles. The maximum Gasteiger partial charge on any atom is 0.285 e. The van der Waals surface area contributed by atoms with Crippen LogP contribution in [0.2, 0.25) is 0 Å². The highest BCUT2D eigenvalue weighted by Crippen LogP contribution is 2.17. The van der Waals surface area contributed by atoms with Gasteiger partial charge in [0.05, 0.1) is 6.10 Å². The number of H-pyrrole nitrogens is 1. The molecule has 0 saturated carbocycles. The third kappa shape index (κ3) is 3.30. The fourth-order valence-corrected chi connectivity index (χ4v) is 3.91. The lowest BCUT2D eigenvalue weighted by Gasteiger charge is -2.25. The van der Waals surface area contributed by atoms with Gasteiger partial charge in [0.1, 0.15) is 5.56 Å². The number of aryl methyl sites for hydroxylation is 1. The maximum absolute atomic E-state index is 13.1. The summed E-state index contributed by atoms with van der Waals surface area (Å²) >= 11 is 1.59. The SMILES string of the molecule is Cc1cc2ncc(C(=O)N(Cc3ccsc3)CC3CCCO3)c(=O)n2[nH]1. The van der Waals surface area contributed by atoms with E-state index in [1.807, 2.05) is 23.8 Å². The number of rotatable bonds is 5. The molecule has 1 atom stereocenters. The van der Waals surface area contributed by atoms with Gasteiger partial charge in [-0.3, -0.25) is 14.7 Å². The molecule has 1 aliphatic rings. The van der Waals surface area contributed by atoms with E-state index in [4.69, 9.17) is 4.74 Å². The number of thiophene rings is 1. The van der Waals surface area contributed by atoms with Crippen LogP contribution in [0.1, 0.15) is 34.5 Å². The van der Waals surface area contributed by atoms with E-state index < -0.39 is 0 Å². The van der Waals surface area contributed by atoms with E-state index in [9.17, 15) is 9.59 Å². The summed E-state index contributed by atoms with van der Waals surface area (Å²) in [6, 6.07) is 3.76. The molecule has 4 rings (SSSR count). The van der Waals surface area contributed by atoms with Crippen LogP contribution in [0.15, 0.2) is 33.9 Å². The van der Waals surface area contributed by atoms with Gasteiger partial charge in [0.2, 0.25) is 0 Å². The fourth-order valence-electron chi connectivity index (χ4n) is 3.25. The predicted octanol–water partition coefficient (Wildman–Crippen LogP) is 2.21. The lowest BCUT2D eigenvalue weighted by atomic mass is 10.2. The van der Waals surface area contributed by atoms with Crippen molar-refractivity contribution >= 4 is 22.9 Å². The van der Waals surface area contributed by atoms with Crippen molar-refractivity contribution in [1.82, 2.24) is 19.5 Å². The second-order valence-electron chi connectivity index (χ2n) is 6.56. The van der Waals surface area contributed by atoms with Crippen LogP contribution in [0.5, 0.6) is 0 Å². The Morgan fingerprint density at radius 1 is 1.54 bits per heavy atom. The number of aromatic nitrogens is 3. The standard InChI is InChI=1S/C18H20N4O3S/c1-12-7-16-19-8-15(18(24)22(16)20-12)17(23)21(9-13-4-6-26-11-13)10-14-3-2-5-25-14/h4,6-8,11,14,20H,2-3,5,9-10H2,1H3. The number of hydrogen-bond donors (Lipinski definition) is 1. The number of hydrogen-bond acceptors (Lipinski definition) is 5. The topological polar surface area (TPSA) is 79.7 Å². The number of nitrogens with zero attached hydrogens (tertiary/aromatic N) is 3. The summed E-state index contributed by atoms with van der Waals surface area (Å²) in [5, 5.41) is 6.92. The van der Waals surface area contributed by atoms with Crippen molar-refractivity contribution in [3.8, 4) is 0 Å². The van der Waals surface area contributed by atoms with Crippen LogP contribution in [0.25, 0.3) is 5.65 Å². The molecule has 1 amide bonds. The van der Waals surface area contributed by atoms with Crippen LogP contribution in [-0.4, -0.2) is 44.7 Å². The van der Waals surface area contributed by atoms with Crippen LogP contribution >= 0.6 is 11.3 Å². The van der Waals surface area contributed by atoms with Gasteiger partial charge in [0, 0.05) is 37.7 Å². The molecule has 1 N–H and O–H groups in total. The zero-order valence-corrected chi connectivity index (χ0v) is 15.3. The molecule has 0 bridgehead atoms. The number of carbonyl (C=O) groups excluding carboxylic acids is 1. The van der Waals surface area contributed by atoms with Crippen LogP contribution < -0.4 is 5.56 Å². The minimum atomic E-state index is -0.379. The Labute approximate surface area is 154 Å². The number of aromatic amines is 1. The monoisotopic (exact) mass is 372 g/mol. The Balaban J connectivity index is 1.66. The fraction of sp³-hybridized carbons (Fsp3) is 0.389. The number of ether oxygens (including phenoxy) is 1. The maximum atomic E-state index is 13.1.